The first-order valence-electron chi connectivity index (χ1n) is 46.1. The van der Waals surface area contributed by atoms with E-state index in [-0.39, 0.29) is 117 Å². The molecule has 10 atom stereocenters. The molecular weight excluding hydrogens is 1840 g/mol. The summed E-state index contributed by atoms with van der Waals surface area (Å²) in [5, 5.41) is 42.9. The van der Waals surface area contributed by atoms with E-state index in [0.29, 0.717) is 69.8 Å². The highest BCUT2D eigenvalue weighted by Crippen LogP contribution is 2.24. The lowest BCUT2D eigenvalue weighted by molar-refractivity contribution is -0.135. The molecule has 1 unspecified atom stereocenters. The highest BCUT2D eigenvalue weighted by molar-refractivity contribution is 7.92. The molecule has 7 amide bonds. The SMILES string of the molecule is CCCC(CCC)S(=O)(=O)CC(NC(=O)OC[C@@H]1CCC(=O)N1)C(=O)N(Cc1cccc(CC)c1)C[C@@H](O)[C@@H](N)Cc1cc(F)cc(F)c1.CCCCS(=O)(=O)C[C@@H](NC(=O)c1cccnc1)C(=O)N(Cc1cccc(CC)c1)C[C@@H](O)[C@@H](N)Cc1cc(F)cc(F)c1.CCCCS(=O)(=O)C[C@@H](NC(=O)c1ccncc1)C(=O)N(Cc1cccc(CC)c1)C[C@@H](O)[C@@H](N)Cc1cc(F)cc(F)c1. The molecule has 0 saturated carbocycles. The number of carbonyl (C=O) groups is 7. The standard InChI is InChI=1S/C35H50F2N4O7S.2C32H40F2N4O5S/c1-4-8-29(9-5-2)49(46,47)22-31(40-35(45)48-21-28-12-13-33(43)39-28)34(44)41(19-24-11-7-10-23(6-3)14-24)20-32(42)30(38)17-25-15-26(36)18-27(37)16-25;1-3-5-12-44(42,43)21-29(37-31(40)25-10-7-11-36-18-25)32(41)38(19-23-9-6-8-22(4-2)13-23)20-30(39)28(35)16-24-14-26(33)17-27(34)15-24;1-3-5-13-44(42,43)21-29(37-31(40)25-9-11-36-12-10-25)32(41)38(19-23-8-6-7-22(4-2)14-23)20-30(39)28(35)17-24-15-26(33)18-27(34)16-24/h7,10-11,14-16,18,28-32,42H,4-6,8-9,12-13,17,19-22,38H2,1-3H3,(H,39,43)(H,40,45);6-11,13-15,17-18,28-30,39H,3-5,12,16,19-21,35H2,1-2H3,(H,37,40);6-12,14-16,18,28-30,39H,3-5,13,17,19-21,35H2,1-2H3,(H,37,40)/t28-,30-,31?,32+;2*28-,29+,30+/m000/s1. The summed E-state index contributed by atoms with van der Waals surface area (Å²) in [7, 11) is -11.4. The quantitative estimate of drug-likeness (QED) is 0.0158. The van der Waals surface area contributed by atoms with Crippen LogP contribution < -0.4 is 38.5 Å². The van der Waals surface area contributed by atoms with Crippen molar-refractivity contribution in [2.24, 2.45) is 17.2 Å². The predicted molar refractivity (Wildman–Crippen MR) is 511 cm³/mol. The van der Waals surface area contributed by atoms with Gasteiger partial charge in [0.15, 0.2) is 29.5 Å². The first-order chi connectivity index (χ1) is 65.0. The summed E-state index contributed by atoms with van der Waals surface area (Å²) < 4.78 is 167. The lowest BCUT2D eigenvalue weighted by Crippen LogP contribution is -2.55. The second kappa shape index (κ2) is 56.1. The number of unbranched alkanes of at least 4 members (excludes halogenated alkanes) is 2. The number of hydrogen-bond acceptors (Lipinski definition) is 22. The topological polar surface area (TPSA) is 454 Å². The smallest absolute Gasteiger partial charge is 0.407 e. The van der Waals surface area contributed by atoms with Gasteiger partial charge in [-0.25, -0.2) is 56.4 Å². The van der Waals surface area contributed by atoms with Crippen molar-refractivity contribution in [2.75, 3.05) is 55.0 Å². The Labute approximate surface area is 799 Å². The van der Waals surface area contributed by atoms with Crippen LogP contribution in [0.4, 0.5) is 31.1 Å². The van der Waals surface area contributed by atoms with Crippen LogP contribution in [0.5, 0.6) is 0 Å². The third-order valence-corrected chi connectivity index (χ3v) is 28.7. The van der Waals surface area contributed by atoms with E-state index < -0.39 is 183 Å². The van der Waals surface area contributed by atoms with Crippen LogP contribution in [-0.2, 0) is 112 Å². The molecule has 1 saturated heterocycles. The van der Waals surface area contributed by atoms with Gasteiger partial charge in [0.1, 0.15) is 59.6 Å². The van der Waals surface area contributed by atoms with Gasteiger partial charge < -0.3 is 73.2 Å². The fraction of sp³-hybridized carbons (Fsp3) is 0.465. The highest BCUT2D eigenvalue weighted by Gasteiger charge is 2.39. The second-order valence-electron chi connectivity index (χ2n) is 34.4. The number of sulfone groups is 3. The third kappa shape index (κ3) is 39.0. The van der Waals surface area contributed by atoms with Crippen LogP contribution in [0.1, 0.15) is 183 Å². The minimum absolute atomic E-state index is 0.0122. The fourth-order valence-electron chi connectivity index (χ4n) is 15.4. The molecule has 1 fully saturated rings. The van der Waals surface area contributed by atoms with E-state index in [4.69, 9.17) is 21.9 Å². The summed E-state index contributed by atoms with van der Waals surface area (Å²) in [6.45, 7) is 12.1. The molecule has 29 nitrogen and oxygen atoms in total. The van der Waals surface area contributed by atoms with Crippen LogP contribution in [0.15, 0.2) is 176 Å². The first kappa shape index (κ1) is 113. The molecular formula is C99H130F6N12O17S3. The number of alkyl carbamates (subject to hydrolysis) is 1. The summed E-state index contributed by atoms with van der Waals surface area (Å²) in [4.78, 5) is 105. The van der Waals surface area contributed by atoms with Crippen LogP contribution in [0.25, 0.3) is 0 Å². The van der Waals surface area contributed by atoms with Crippen LogP contribution in [-0.4, -0.2) is 228 Å². The van der Waals surface area contributed by atoms with E-state index in [1.807, 2.05) is 103 Å². The Morgan fingerprint density at radius 1 is 0.445 bits per heavy atom. The van der Waals surface area contributed by atoms with E-state index in [2.05, 4.69) is 31.2 Å². The number of nitrogens with two attached hydrogens (primary N) is 3. The number of nitrogens with zero attached hydrogens (tertiary/aromatic N) is 5. The van der Waals surface area contributed by atoms with Crippen molar-refractivity contribution in [3.05, 3.63) is 273 Å². The molecule has 1 aliphatic heterocycles. The van der Waals surface area contributed by atoms with Gasteiger partial charge in [-0.05, 0) is 181 Å². The minimum atomic E-state index is -3.92. The molecule has 0 aliphatic carbocycles. The van der Waals surface area contributed by atoms with Gasteiger partial charge in [0.05, 0.1) is 63.9 Å². The first-order valence-corrected chi connectivity index (χ1v) is 51.4. The van der Waals surface area contributed by atoms with Crippen molar-refractivity contribution in [2.45, 2.75) is 237 Å². The van der Waals surface area contributed by atoms with Crippen molar-refractivity contribution in [3.63, 3.8) is 0 Å². The average molecular weight is 1970 g/mol. The van der Waals surface area contributed by atoms with Gasteiger partial charge in [-0.3, -0.25) is 38.7 Å². The number of amides is 7. The number of nitrogens with one attached hydrogen (secondary N) is 4. The van der Waals surface area contributed by atoms with Crippen LogP contribution >= 0.6 is 0 Å². The molecule has 6 aromatic carbocycles. The third-order valence-electron chi connectivity index (χ3n) is 22.9. The number of benzene rings is 6. The van der Waals surface area contributed by atoms with Crippen molar-refractivity contribution >= 4 is 71.0 Å². The van der Waals surface area contributed by atoms with E-state index in [9.17, 15) is 100 Å². The molecule has 3 heterocycles. The predicted octanol–water partition coefficient (Wildman–Crippen LogP) is 9.93. The zero-order valence-corrected chi connectivity index (χ0v) is 80.9. The molecule has 13 N–H and O–H groups in total. The normalized spacial score (nSPS) is 14.7. The largest absolute Gasteiger partial charge is 0.447 e. The average Bonchev–Trinajstić information content (AvgIpc) is 1.28. The van der Waals surface area contributed by atoms with Gasteiger partial charge in [-0.1, -0.05) is 147 Å². The number of aryl methyl sites for hydroxylation is 3. The van der Waals surface area contributed by atoms with E-state index in [1.54, 1.807) is 24.3 Å². The fourth-order valence-corrected chi connectivity index (χ4v) is 20.9. The minimum Gasteiger partial charge on any atom is -0.447 e. The van der Waals surface area contributed by atoms with Gasteiger partial charge in [0.25, 0.3) is 11.8 Å². The number of hydrogen-bond donors (Lipinski definition) is 10. The van der Waals surface area contributed by atoms with Crippen LogP contribution in [0.2, 0.25) is 0 Å². The summed E-state index contributed by atoms with van der Waals surface area (Å²) >= 11 is 0. The van der Waals surface area contributed by atoms with E-state index in [1.165, 1.54) is 57.7 Å². The summed E-state index contributed by atoms with van der Waals surface area (Å²) in [6.07, 6.45) is 7.09. The maximum Gasteiger partial charge on any atom is 0.407 e. The summed E-state index contributed by atoms with van der Waals surface area (Å²) in [6, 6.07) is 29.0. The van der Waals surface area contributed by atoms with Gasteiger partial charge >= 0.3 is 6.09 Å². The number of pyridine rings is 2. The Hall–Kier alpha value is -11.1. The van der Waals surface area contributed by atoms with Crippen molar-refractivity contribution in [1.82, 2.24) is 45.9 Å². The maximum atomic E-state index is 14.3. The molecule has 748 valence electrons. The van der Waals surface area contributed by atoms with Gasteiger partial charge in [-0.15, -0.1) is 0 Å². The molecule has 1 aliphatic rings. The Kier molecular flexibility index (Phi) is 46.2. The molecule has 0 radical (unpaired) electrons. The Morgan fingerprint density at radius 2 is 0.803 bits per heavy atom. The second-order valence-corrected chi connectivity index (χ2v) is 41.2. The number of halogens is 6. The lowest BCUT2D eigenvalue weighted by atomic mass is 10.0. The highest BCUT2D eigenvalue weighted by atomic mass is 32.2. The number of carbonyl (C=O) groups excluding carboxylic acids is 7. The molecule has 137 heavy (non-hydrogen) atoms. The molecule has 0 spiro atoms. The number of rotatable bonds is 51. The monoisotopic (exact) mass is 1970 g/mol. The summed E-state index contributed by atoms with van der Waals surface area (Å²) in [5.74, 6) is -10.8. The summed E-state index contributed by atoms with van der Waals surface area (Å²) in [5.41, 5.74) is 24.8. The molecule has 8 aromatic rings. The Morgan fingerprint density at radius 3 is 1.13 bits per heavy atom. The van der Waals surface area contributed by atoms with Gasteiger partial charge in [0, 0.05) is 112 Å². The van der Waals surface area contributed by atoms with Crippen molar-refractivity contribution < 1.29 is 105 Å². The number of aromatic nitrogens is 2. The molecule has 2 aromatic heterocycles. The Bertz CT molecular complexity index is 5320. The van der Waals surface area contributed by atoms with E-state index in [0.717, 1.165) is 95.3 Å². The Balaban J connectivity index is 0.000000280. The van der Waals surface area contributed by atoms with Crippen molar-refractivity contribution in [3.8, 4) is 0 Å². The number of aliphatic hydroxyl groups excluding tert-OH is 3. The molecule has 9 rings (SSSR count). The van der Waals surface area contributed by atoms with Gasteiger partial charge in [-0.2, -0.15) is 0 Å². The molecule has 38 heteroatoms. The zero-order valence-electron chi connectivity index (χ0n) is 78.4. The van der Waals surface area contributed by atoms with Gasteiger partial charge in [0.2, 0.25) is 23.6 Å². The van der Waals surface area contributed by atoms with E-state index >= 15 is 0 Å². The maximum absolute atomic E-state index is 14.3. The molecule has 0 bridgehead atoms. The van der Waals surface area contributed by atoms with Crippen LogP contribution in [0.3, 0.4) is 0 Å². The number of aliphatic hydroxyl groups is 3. The number of ether oxygens (including phenoxy) is 1. The zero-order chi connectivity index (χ0) is 101. The van der Waals surface area contributed by atoms with Crippen LogP contribution in [0, 0.1) is 34.9 Å². The van der Waals surface area contributed by atoms with Crippen molar-refractivity contribution in [1.29, 1.82) is 0 Å². The lowest BCUT2D eigenvalue weighted by Gasteiger charge is -2.32.